The summed E-state index contributed by atoms with van der Waals surface area (Å²) in [5.74, 6) is 1.96. The van der Waals surface area contributed by atoms with Crippen molar-refractivity contribution in [3.05, 3.63) is 23.8 Å². The van der Waals surface area contributed by atoms with Crippen LogP contribution >= 0.6 is 22.6 Å². The van der Waals surface area contributed by atoms with Crippen LogP contribution < -0.4 is 20.1 Å². The number of alkyl halides is 1. The van der Waals surface area contributed by atoms with E-state index >= 15 is 0 Å². The van der Waals surface area contributed by atoms with Crippen molar-refractivity contribution >= 4 is 40.2 Å². The molecule has 1 saturated heterocycles. The number of piperidine rings is 1. The maximum atomic E-state index is 6.23. The van der Waals surface area contributed by atoms with Crippen molar-refractivity contribution < 1.29 is 9.47 Å². The molecule has 0 amide bonds. The maximum Gasteiger partial charge on any atom is 0.323 e. The fourth-order valence-electron chi connectivity index (χ4n) is 4.48. The van der Waals surface area contributed by atoms with Gasteiger partial charge in [0, 0.05) is 34.8 Å². The van der Waals surface area contributed by atoms with Crippen molar-refractivity contribution in [2.24, 2.45) is 0 Å². The number of rotatable bonds is 8. The largest absolute Gasteiger partial charge is 0.496 e. The second-order valence-corrected chi connectivity index (χ2v) is 9.77. The minimum absolute atomic E-state index is 0.133. The quantitative estimate of drug-likeness (QED) is 0.258. The second kappa shape index (κ2) is 12.0. The van der Waals surface area contributed by atoms with Gasteiger partial charge in [0.15, 0.2) is 0 Å². The maximum absolute atomic E-state index is 6.23. The van der Waals surface area contributed by atoms with Gasteiger partial charge in [0.05, 0.1) is 7.11 Å². The number of halogens is 1. The zero-order valence-electron chi connectivity index (χ0n) is 19.6. The molecule has 2 aromatic rings. The van der Waals surface area contributed by atoms with E-state index in [0.717, 1.165) is 60.2 Å². The fourth-order valence-corrected chi connectivity index (χ4v) is 5.07. The highest BCUT2D eigenvalue weighted by Gasteiger charge is 2.21. The zero-order valence-corrected chi connectivity index (χ0v) is 21.8. The van der Waals surface area contributed by atoms with Gasteiger partial charge in [0.1, 0.15) is 11.9 Å². The van der Waals surface area contributed by atoms with Gasteiger partial charge in [-0.05, 0) is 50.9 Å². The van der Waals surface area contributed by atoms with Crippen molar-refractivity contribution in [1.29, 1.82) is 0 Å². The molecule has 1 saturated carbocycles. The van der Waals surface area contributed by atoms with Crippen molar-refractivity contribution in [3.8, 4) is 11.8 Å². The topological polar surface area (TPSA) is 84.4 Å². The highest BCUT2D eigenvalue weighted by molar-refractivity contribution is 14.1. The lowest BCUT2D eigenvalue weighted by atomic mass is 10.1. The predicted octanol–water partition coefficient (Wildman–Crippen LogP) is 5.17. The lowest BCUT2D eigenvalue weighted by Gasteiger charge is -2.28. The van der Waals surface area contributed by atoms with E-state index in [-0.39, 0.29) is 6.10 Å². The van der Waals surface area contributed by atoms with Crippen LogP contribution in [0.5, 0.6) is 11.8 Å². The Balaban J connectivity index is 1.54. The molecule has 4 rings (SSSR count). The molecule has 2 heterocycles. The van der Waals surface area contributed by atoms with Crippen molar-refractivity contribution in [2.75, 3.05) is 37.9 Å². The van der Waals surface area contributed by atoms with Gasteiger partial charge in [0.2, 0.25) is 11.9 Å². The number of likely N-dealkylation sites (tertiary alicyclic amines) is 1. The summed E-state index contributed by atoms with van der Waals surface area (Å²) in [4.78, 5) is 16.3. The van der Waals surface area contributed by atoms with Crippen LogP contribution in [0.4, 0.5) is 17.6 Å². The molecule has 1 aromatic carbocycles. The Morgan fingerprint density at radius 2 is 1.73 bits per heavy atom. The van der Waals surface area contributed by atoms with Gasteiger partial charge in [-0.1, -0.05) is 48.3 Å². The molecule has 1 aliphatic carbocycles. The number of methoxy groups -OCH3 is 1. The van der Waals surface area contributed by atoms with E-state index in [0.29, 0.717) is 23.9 Å². The number of nitrogens with zero attached hydrogens (tertiary/aromatic N) is 4. The van der Waals surface area contributed by atoms with Gasteiger partial charge in [-0.3, -0.25) is 0 Å². The SMILES string of the molecule is COc1ccc(Nc2nc(NC3CCCCCC3)nc(OC3CCN(C)CC3)n2)cc1CI. The van der Waals surface area contributed by atoms with Gasteiger partial charge in [-0.15, -0.1) is 0 Å². The monoisotopic (exact) mass is 566 g/mol. The summed E-state index contributed by atoms with van der Waals surface area (Å²) < 4.78 is 12.5. The van der Waals surface area contributed by atoms with Crippen LogP contribution in [-0.2, 0) is 4.43 Å². The summed E-state index contributed by atoms with van der Waals surface area (Å²) >= 11 is 2.34. The molecule has 0 unspecified atom stereocenters. The average Bonchev–Trinajstić information content (AvgIpc) is 3.09. The average molecular weight is 566 g/mol. The molecule has 0 spiro atoms. The summed E-state index contributed by atoms with van der Waals surface area (Å²) in [6, 6.07) is 6.81. The van der Waals surface area contributed by atoms with Crippen LogP contribution in [0.2, 0.25) is 0 Å². The third-order valence-electron chi connectivity index (χ3n) is 6.42. The highest BCUT2D eigenvalue weighted by atomic mass is 127. The minimum Gasteiger partial charge on any atom is -0.496 e. The van der Waals surface area contributed by atoms with Crippen LogP contribution in [-0.4, -0.2) is 59.2 Å². The summed E-state index contributed by atoms with van der Waals surface area (Å²) in [5.41, 5.74) is 2.04. The first kappa shape index (κ1) is 24.3. The molecule has 2 N–H and O–H groups in total. The van der Waals surface area contributed by atoms with Crippen LogP contribution in [0.1, 0.15) is 56.9 Å². The first-order valence-corrected chi connectivity index (χ1v) is 13.5. The highest BCUT2D eigenvalue weighted by Crippen LogP contribution is 2.27. The number of ether oxygens (including phenoxy) is 2. The molecular formula is C24H35IN6O2. The number of aromatic nitrogens is 3. The third-order valence-corrected chi connectivity index (χ3v) is 7.24. The molecule has 2 aliphatic rings. The Hall–Kier alpha value is -1.88. The molecule has 0 bridgehead atoms. The van der Waals surface area contributed by atoms with E-state index < -0.39 is 0 Å². The Morgan fingerprint density at radius 1 is 1.00 bits per heavy atom. The number of hydrogen-bond acceptors (Lipinski definition) is 8. The van der Waals surface area contributed by atoms with Crippen LogP contribution in [0.15, 0.2) is 18.2 Å². The summed E-state index contributed by atoms with van der Waals surface area (Å²) in [7, 11) is 3.84. The van der Waals surface area contributed by atoms with E-state index in [2.05, 4.69) is 61.2 Å². The van der Waals surface area contributed by atoms with E-state index in [1.807, 2.05) is 12.1 Å². The lowest BCUT2D eigenvalue weighted by molar-refractivity contribution is 0.105. The second-order valence-electron chi connectivity index (χ2n) is 9.00. The molecule has 1 aliphatic heterocycles. The number of benzene rings is 1. The van der Waals surface area contributed by atoms with Gasteiger partial charge in [-0.25, -0.2) is 0 Å². The van der Waals surface area contributed by atoms with Crippen molar-refractivity contribution in [2.45, 2.75) is 67.9 Å². The molecule has 33 heavy (non-hydrogen) atoms. The number of nitrogens with one attached hydrogen (secondary N) is 2. The number of anilines is 3. The van der Waals surface area contributed by atoms with Crippen LogP contribution in [0, 0.1) is 0 Å². The molecule has 1 aromatic heterocycles. The third kappa shape index (κ3) is 7.05. The molecule has 9 heteroatoms. The van der Waals surface area contributed by atoms with E-state index in [4.69, 9.17) is 14.5 Å². The first-order chi connectivity index (χ1) is 16.1. The lowest BCUT2D eigenvalue weighted by Crippen LogP contribution is -2.36. The van der Waals surface area contributed by atoms with Gasteiger partial charge in [0.25, 0.3) is 0 Å². The van der Waals surface area contributed by atoms with Gasteiger partial charge >= 0.3 is 6.01 Å². The Labute approximate surface area is 210 Å². The molecule has 180 valence electrons. The van der Waals surface area contributed by atoms with E-state index in [9.17, 15) is 0 Å². The zero-order chi connectivity index (χ0) is 23.0. The summed E-state index contributed by atoms with van der Waals surface area (Å²) in [6.45, 7) is 2.05. The van der Waals surface area contributed by atoms with Crippen molar-refractivity contribution in [1.82, 2.24) is 19.9 Å². The normalized spacial score (nSPS) is 18.5. The summed E-state index contributed by atoms with van der Waals surface area (Å²) in [5, 5.41) is 6.92. The first-order valence-electron chi connectivity index (χ1n) is 12.0. The van der Waals surface area contributed by atoms with Gasteiger partial charge < -0.3 is 25.0 Å². The Morgan fingerprint density at radius 3 is 2.42 bits per heavy atom. The van der Waals surface area contributed by atoms with E-state index in [1.54, 1.807) is 7.11 Å². The van der Waals surface area contributed by atoms with Crippen LogP contribution in [0.25, 0.3) is 0 Å². The van der Waals surface area contributed by atoms with Crippen LogP contribution in [0.3, 0.4) is 0 Å². The smallest absolute Gasteiger partial charge is 0.323 e. The number of hydrogen-bond donors (Lipinski definition) is 2. The molecule has 0 atom stereocenters. The molecule has 2 fully saturated rings. The Bertz CT molecular complexity index is 899. The van der Waals surface area contributed by atoms with Crippen molar-refractivity contribution in [3.63, 3.8) is 0 Å². The standard InChI is InChI=1S/C24H35IN6O2/c1-31-13-11-20(12-14-31)33-24-29-22(26-18-7-5-3-4-6-8-18)28-23(30-24)27-19-9-10-21(32-2)17(15-19)16-25/h9-10,15,18,20H,3-8,11-14,16H2,1-2H3,(H2,26,27,28,29,30). The Kier molecular flexibility index (Phi) is 8.82. The molecule has 8 nitrogen and oxygen atoms in total. The van der Waals surface area contributed by atoms with E-state index in [1.165, 1.54) is 25.7 Å². The molecular weight excluding hydrogens is 531 g/mol. The minimum atomic E-state index is 0.133. The molecule has 0 radical (unpaired) electrons. The predicted molar refractivity (Wildman–Crippen MR) is 140 cm³/mol. The fraction of sp³-hybridized carbons (Fsp3) is 0.625. The summed E-state index contributed by atoms with van der Waals surface area (Å²) in [6.07, 6.45) is 9.51. The van der Waals surface area contributed by atoms with Gasteiger partial charge in [-0.2, -0.15) is 15.0 Å².